The van der Waals surface area contributed by atoms with E-state index in [-0.39, 0.29) is 37.3 Å². The molecular formula is C41H52N6O5. The molecular weight excluding hydrogens is 656 g/mol. The number of nitrogens with zero attached hydrogens (tertiary/aromatic N) is 3. The normalized spacial score (nSPS) is 13.5. The summed E-state index contributed by atoms with van der Waals surface area (Å²) < 4.78 is 5.46. The van der Waals surface area contributed by atoms with E-state index in [1.165, 1.54) is 4.90 Å². The van der Waals surface area contributed by atoms with Crippen molar-refractivity contribution in [2.24, 2.45) is 5.92 Å². The molecule has 0 bridgehead atoms. The van der Waals surface area contributed by atoms with Gasteiger partial charge in [-0.3, -0.25) is 14.8 Å². The largest absolute Gasteiger partial charge is 0.445 e. The highest BCUT2D eigenvalue weighted by Gasteiger charge is 2.31. The Labute approximate surface area is 307 Å². The molecule has 11 nitrogen and oxygen atoms in total. The van der Waals surface area contributed by atoms with E-state index in [1.54, 1.807) is 31.6 Å². The first kappa shape index (κ1) is 39.5. The van der Waals surface area contributed by atoms with E-state index < -0.39 is 36.4 Å². The van der Waals surface area contributed by atoms with E-state index in [4.69, 9.17) is 4.74 Å². The third-order valence-corrected chi connectivity index (χ3v) is 8.75. The molecule has 4 aromatic rings. The number of aliphatic hydroxyl groups is 1. The molecule has 0 aliphatic heterocycles. The molecule has 4 atom stereocenters. The van der Waals surface area contributed by atoms with Gasteiger partial charge in [0.2, 0.25) is 5.91 Å². The van der Waals surface area contributed by atoms with Crippen LogP contribution in [0, 0.1) is 5.92 Å². The number of rotatable bonds is 17. The molecule has 2 aromatic carbocycles. The van der Waals surface area contributed by atoms with Crippen molar-refractivity contribution in [2.75, 3.05) is 7.05 Å². The van der Waals surface area contributed by atoms with Crippen LogP contribution in [0.4, 0.5) is 9.59 Å². The summed E-state index contributed by atoms with van der Waals surface area (Å²) in [5.41, 5.74) is 4.31. The van der Waals surface area contributed by atoms with Gasteiger partial charge in [0.25, 0.3) is 0 Å². The zero-order valence-electron chi connectivity index (χ0n) is 30.7. The molecule has 4 amide bonds. The van der Waals surface area contributed by atoms with Crippen LogP contribution in [0.15, 0.2) is 103 Å². The highest BCUT2D eigenvalue weighted by Crippen LogP contribution is 2.16. The molecule has 11 heteroatoms. The molecule has 4 N–H and O–H groups in total. The van der Waals surface area contributed by atoms with Crippen molar-refractivity contribution in [1.29, 1.82) is 0 Å². The van der Waals surface area contributed by atoms with Gasteiger partial charge in [-0.15, -0.1) is 0 Å². The fourth-order valence-electron chi connectivity index (χ4n) is 5.82. The van der Waals surface area contributed by atoms with Gasteiger partial charge in [-0.2, -0.15) is 0 Å². The average Bonchev–Trinajstić information content (AvgIpc) is 3.13. The lowest BCUT2D eigenvalue weighted by Crippen LogP contribution is -2.55. The Kier molecular flexibility index (Phi) is 15.1. The minimum absolute atomic E-state index is 0.0266. The molecule has 0 aliphatic carbocycles. The van der Waals surface area contributed by atoms with Gasteiger partial charge in [-0.05, 0) is 60.4 Å². The van der Waals surface area contributed by atoms with Crippen molar-refractivity contribution in [1.82, 2.24) is 30.8 Å². The summed E-state index contributed by atoms with van der Waals surface area (Å²) in [5, 5.41) is 20.6. The van der Waals surface area contributed by atoms with Gasteiger partial charge in [-0.25, -0.2) is 9.59 Å². The minimum Gasteiger partial charge on any atom is -0.445 e. The van der Waals surface area contributed by atoms with Crippen LogP contribution in [0.2, 0.25) is 0 Å². The average molecular weight is 709 g/mol. The van der Waals surface area contributed by atoms with E-state index in [1.807, 2.05) is 92.7 Å². The van der Waals surface area contributed by atoms with Gasteiger partial charge in [0.15, 0.2) is 0 Å². The van der Waals surface area contributed by atoms with E-state index in [0.29, 0.717) is 12.8 Å². The first-order valence-electron chi connectivity index (χ1n) is 17.8. The maximum Gasteiger partial charge on any atom is 0.407 e. The molecule has 4 rings (SSSR count). The van der Waals surface area contributed by atoms with Gasteiger partial charge >= 0.3 is 12.1 Å². The predicted molar refractivity (Wildman–Crippen MR) is 201 cm³/mol. The Bertz CT molecular complexity index is 1690. The van der Waals surface area contributed by atoms with Crippen molar-refractivity contribution in [3.05, 3.63) is 131 Å². The number of pyridine rings is 2. The number of amides is 4. The van der Waals surface area contributed by atoms with Gasteiger partial charge in [0, 0.05) is 36.7 Å². The van der Waals surface area contributed by atoms with Crippen LogP contribution < -0.4 is 16.0 Å². The zero-order valence-corrected chi connectivity index (χ0v) is 30.7. The number of hydrogen-bond donors (Lipinski definition) is 4. The Balaban J connectivity index is 1.47. The van der Waals surface area contributed by atoms with Crippen LogP contribution in [0.3, 0.4) is 0 Å². The second-order valence-corrected chi connectivity index (χ2v) is 13.8. The summed E-state index contributed by atoms with van der Waals surface area (Å²) in [7, 11) is 1.67. The molecule has 0 saturated heterocycles. The Morgan fingerprint density at radius 2 is 1.44 bits per heavy atom. The molecule has 2 heterocycles. The summed E-state index contributed by atoms with van der Waals surface area (Å²) in [4.78, 5) is 50.5. The second kappa shape index (κ2) is 19.9. The van der Waals surface area contributed by atoms with Gasteiger partial charge in [0.1, 0.15) is 12.6 Å². The van der Waals surface area contributed by atoms with Crippen LogP contribution in [0.5, 0.6) is 0 Å². The number of hydrogen-bond acceptors (Lipinski definition) is 7. The number of aliphatic hydroxyl groups excluding tert-OH is 1. The molecule has 1 unspecified atom stereocenters. The molecule has 2 aromatic heterocycles. The summed E-state index contributed by atoms with van der Waals surface area (Å²) in [6.45, 7) is 8.18. The molecule has 0 spiro atoms. The predicted octanol–water partition coefficient (Wildman–Crippen LogP) is 5.78. The smallest absolute Gasteiger partial charge is 0.407 e. The maximum atomic E-state index is 13.9. The zero-order chi connectivity index (χ0) is 37.5. The van der Waals surface area contributed by atoms with E-state index >= 15 is 0 Å². The first-order chi connectivity index (χ1) is 25.0. The molecule has 0 saturated carbocycles. The third kappa shape index (κ3) is 12.8. The SMILES string of the molecule is CC(C)c1cccc(CN(C)C(=O)NC(C(=O)N[C@@H](Cc2ccccc2)C[C@H](O)[C@H](Cc2ccccc2)NC(=O)OCc2cccnc2)C(C)C)n1. The van der Waals surface area contributed by atoms with Crippen LogP contribution in [-0.2, 0) is 35.5 Å². The van der Waals surface area contributed by atoms with Crippen molar-refractivity contribution < 1.29 is 24.2 Å². The molecule has 276 valence electrons. The third-order valence-electron chi connectivity index (χ3n) is 8.75. The number of benzene rings is 2. The fraction of sp³-hybridized carbons (Fsp3) is 0.390. The first-order valence-corrected chi connectivity index (χ1v) is 17.8. The number of carbonyl (C=O) groups is 3. The number of nitrogens with one attached hydrogen (secondary N) is 3. The molecule has 0 radical (unpaired) electrons. The molecule has 52 heavy (non-hydrogen) atoms. The van der Waals surface area contributed by atoms with E-state index in [0.717, 1.165) is 28.1 Å². The minimum atomic E-state index is -1.06. The van der Waals surface area contributed by atoms with Crippen LogP contribution in [0.25, 0.3) is 0 Å². The van der Waals surface area contributed by atoms with Crippen LogP contribution in [-0.4, -0.2) is 69.3 Å². The molecule has 0 aliphatic rings. The summed E-state index contributed by atoms with van der Waals surface area (Å²) in [6, 6.07) is 26.1. The quantitative estimate of drug-likeness (QED) is 0.109. The van der Waals surface area contributed by atoms with Crippen molar-refractivity contribution in [2.45, 2.75) is 90.3 Å². The Morgan fingerprint density at radius 3 is 2.06 bits per heavy atom. The summed E-state index contributed by atoms with van der Waals surface area (Å²) in [5.74, 6) is -0.344. The van der Waals surface area contributed by atoms with Gasteiger partial charge in [-0.1, -0.05) is 100 Å². The lowest BCUT2D eigenvalue weighted by molar-refractivity contribution is -0.124. The van der Waals surface area contributed by atoms with E-state index in [9.17, 15) is 19.5 Å². The van der Waals surface area contributed by atoms with Crippen molar-refractivity contribution >= 4 is 18.0 Å². The van der Waals surface area contributed by atoms with Gasteiger partial charge < -0.3 is 30.7 Å². The van der Waals surface area contributed by atoms with Crippen molar-refractivity contribution in [3.8, 4) is 0 Å². The number of carbonyl (C=O) groups excluding carboxylic acids is 3. The number of aromatic nitrogens is 2. The fourth-order valence-corrected chi connectivity index (χ4v) is 5.82. The van der Waals surface area contributed by atoms with Gasteiger partial charge in [0.05, 0.1) is 24.4 Å². The van der Waals surface area contributed by atoms with E-state index in [2.05, 4.69) is 39.8 Å². The van der Waals surface area contributed by atoms with Crippen molar-refractivity contribution in [3.63, 3.8) is 0 Å². The number of ether oxygens (including phenoxy) is 1. The topological polar surface area (TPSA) is 146 Å². The standard InChI is InChI=1S/C41H52N6O5/c1-28(2)35-20-12-19-33(43-35)26-47(5)40(50)46-38(29(3)4)39(49)44-34(22-30-14-8-6-9-15-30)24-37(48)36(23-31-16-10-7-11-17-31)45-41(51)52-27-32-18-13-21-42-25-32/h6-21,25,28-29,34,36-38,48H,22-24,26-27H2,1-5H3,(H,44,49)(H,45,51)(H,46,50)/t34-,36-,37-,38?/m0/s1. The monoisotopic (exact) mass is 708 g/mol. The number of alkyl carbamates (subject to hydrolysis) is 1. The highest BCUT2D eigenvalue weighted by molar-refractivity contribution is 5.87. The summed E-state index contributed by atoms with van der Waals surface area (Å²) in [6.07, 6.45) is 2.40. The Hall–Kier alpha value is -5.29. The lowest BCUT2D eigenvalue weighted by atomic mass is 9.93. The maximum absolute atomic E-state index is 13.9. The number of urea groups is 1. The Morgan fingerprint density at radius 1 is 0.788 bits per heavy atom. The highest BCUT2D eigenvalue weighted by atomic mass is 16.5. The van der Waals surface area contributed by atoms with Crippen LogP contribution in [0.1, 0.15) is 68.1 Å². The summed E-state index contributed by atoms with van der Waals surface area (Å²) >= 11 is 0. The second-order valence-electron chi connectivity index (χ2n) is 13.8. The van der Waals surface area contributed by atoms with Crippen LogP contribution >= 0.6 is 0 Å². The lowest BCUT2D eigenvalue weighted by Gasteiger charge is -2.30. The molecule has 0 fully saturated rings.